The molecule has 0 saturated heterocycles. The number of rotatable bonds is 3. The van der Waals surface area contributed by atoms with Crippen molar-refractivity contribution in [2.45, 2.75) is 6.92 Å². The van der Waals surface area contributed by atoms with Gasteiger partial charge in [-0.15, -0.1) is 0 Å². The third-order valence-electron chi connectivity index (χ3n) is 3.78. The highest BCUT2D eigenvalue weighted by atomic mass is 35.5. The number of hydrogen-bond donors (Lipinski definition) is 2. The van der Waals surface area contributed by atoms with Crippen LogP contribution in [0.2, 0.25) is 10.0 Å². The van der Waals surface area contributed by atoms with Crippen LogP contribution in [-0.2, 0) is 0 Å². The van der Waals surface area contributed by atoms with Crippen LogP contribution < -0.4 is 5.43 Å². The highest BCUT2D eigenvalue weighted by Gasteiger charge is 2.12. The maximum absolute atomic E-state index is 12.5. The molecular formula is C19H14Cl2N2O2. The van der Waals surface area contributed by atoms with Crippen molar-refractivity contribution in [2.75, 3.05) is 0 Å². The summed E-state index contributed by atoms with van der Waals surface area (Å²) in [4.78, 5) is 12.5. The highest BCUT2D eigenvalue weighted by Crippen LogP contribution is 2.32. The van der Waals surface area contributed by atoms with E-state index in [1.165, 1.54) is 18.3 Å². The number of carbonyl (C=O) groups is 1. The Morgan fingerprint density at radius 3 is 2.52 bits per heavy atom. The summed E-state index contributed by atoms with van der Waals surface area (Å²) in [6, 6.07) is 14.6. The van der Waals surface area contributed by atoms with E-state index in [1.54, 1.807) is 0 Å². The standard InChI is InChI=1S/C19H14Cl2N2O2/c1-11-6-7-13-4-2-3-5-14(13)17(11)19(25)23-22-10-12-8-15(20)18(24)16(21)9-12/h2-10,24H,1H3,(H,23,25)/b22-10-. The first-order valence-corrected chi connectivity index (χ1v) is 8.22. The first-order valence-electron chi connectivity index (χ1n) is 7.47. The lowest BCUT2D eigenvalue weighted by atomic mass is 9.99. The van der Waals surface area contributed by atoms with Crippen molar-refractivity contribution in [3.05, 3.63) is 75.3 Å². The normalized spacial score (nSPS) is 11.2. The van der Waals surface area contributed by atoms with E-state index in [1.807, 2.05) is 43.3 Å². The first-order chi connectivity index (χ1) is 12.0. The van der Waals surface area contributed by atoms with Gasteiger partial charge in [-0.3, -0.25) is 4.79 Å². The van der Waals surface area contributed by atoms with Crippen LogP contribution in [0.1, 0.15) is 21.5 Å². The number of aromatic hydroxyl groups is 1. The summed E-state index contributed by atoms with van der Waals surface area (Å²) in [5, 5.41) is 15.6. The fourth-order valence-corrected chi connectivity index (χ4v) is 3.07. The molecule has 0 saturated carbocycles. The van der Waals surface area contributed by atoms with E-state index >= 15 is 0 Å². The minimum atomic E-state index is -0.304. The summed E-state index contributed by atoms with van der Waals surface area (Å²) in [7, 11) is 0. The summed E-state index contributed by atoms with van der Waals surface area (Å²) < 4.78 is 0. The van der Waals surface area contributed by atoms with Gasteiger partial charge >= 0.3 is 0 Å². The van der Waals surface area contributed by atoms with Crippen LogP contribution in [0.4, 0.5) is 0 Å². The Labute approximate surface area is 154 Å². The number of nitrogens with one attached hydrogen (secondary N) is 1. The summed E-state index contributed by atoms with van der Waals surface area (Å²) >= 11 is 11.7. The third-order valence-corrected chi connectivity index (χ3v) is 4.36. The predicted molar refractivity (Wildman–Crippen MR) is 102 cm³/mol. The zero-order chi connectivity index (χ0) is 18.0. The van der Waals surface area contributed by atoms with E-state index in [0.29, 0.717) is 11.1 Å². The molecule has 2 N–H and O–H groups in total. The number of hydrogen-bond acceptors (Lipinski definition) is 3. The molecule has 0 heterocycles. The summed E-state index contributed by atoms with van der Waals surface area (Å²) in [5.41, 5.74) is 4.52. The number of nitrogens with zero attached hydrogens (tertiary/aromatic N) is 1. The van der Waals surface area contributed by atoms with E-state index < -0.39 is 0 Å². The number of carbonyl (C=O) groups excluding carboxylic acids is 1. The van der Waals surface area contributed by atoms with Gasteiger partial charge < -0.3 is 5.11 Å². The van der Waals surface area contributed by atoms with Crippen LogP contribution >= 0.6 is 23.2 Å². The summed E-state index contributed by atoms with van der Waals surface area (Å²) in [6.07, 6.45) is 1.41. The quantitative estimate of drug-likeness (QED) is 0.505. The number of halogens is 2. The molecule has 0 aliphatic rings. The van der Waals surface area contributed by atoms with Gasteiger partial charge in [-0.05, 0) is 41.0 Å². The third kappa shape index (κ3) is 3.60. The first kappa shape index (κ1) is 17.3. The molecule has 126 valence electrons. The Bertz CT molecular complexity index is 977. The molecule has 4 nitrogen and oxygen atoms in total. The monoisotopic (exact) mass is 372 g/mol. The molecule has 3 aromatic carbocycles. The van der Waals surface area contributed by atoms with Crippen molar-refractivity contribution < 1.29 is 9.90 Å². The number of fused-ring (bicyclic) bond motifs is 1. The molecule has 0 radical (unpaired) electrons. The zero-order valence-corrected chi connectivity index (χ0v) is 14.8. The van der Waals surface area contributed by atoms with Crippen LogP contribution in [0.25, 0.3) is 10.8 Å². The summed E-state index contributed by atoms with van der Waals surface area (Å²) in [5.74, 6) is -0.488. The second kappa shape index (κ2) is 7.13. The van der Waals surface area contributed by atoms with Gasteiger partial charge in [0.05, 0.1) is 21.8 Å². The largest absolute Gasteiger partial charge is 0.505 e. The van der Waals surface area contributed by atoms with Crippen LogP contribution in [0.3, 0.4) is 0 Å². The van der Waals surface area contributed by atoms with Gasteiger partial charge in [0.1, 0.15) is 0 Å². The van der Waals surface area contributed by atoms with E-state index in [2.05, 4.69) is 10.5 Å². The number of phenols is 1. The Balaban J connectivity index is 1.85. The van der Waals surface area contributed by atoms with E-state index in [9.17, 15) is 9.90 Å². The van der Waals surface area contributed by atoms with Gasteiger partial charge in [-0.25, -0.2) is 5.43 Å². The lowest BCUT2D eigenvalue weighted by molar-refractivity contribution is 0.0956. The average Bonchev–Trinajstić information content (AvgIpc) is 2.59. The molecule has 0 aliphatic carbocycles. The molecule has 0 spiro atoms. The lowest BCUT2D eigenvalue weighted by Gasteiger charge is -2.08. The Hall–Kier alpha value is -2.56. The minimum Gasteiger partial charge on any atom is -0.505 e. The number of hydrazone groups is 1. The van der Waals surface area contributed by atoms with E-state index in [4.69, 9.17) is 23.2 Å². The molecular weight excluding hydrogens is 359 g/mol. The molecule has 0 aliphatic heterocycles. The molecule has 0 bridgehead atoms. The van der Waals surface area contributed by atoms with Crippen molar-refractivity contribution in [1.29, 1.82) is 0 Å². The minimum absolute atomic E-state index is 0.116. The van der Waals surface area contributed by atoms with Crippen molar-refractivity contribution in [3.8, 4) is 5.75 Å². The van der Waals surface area contributed by atoms with Gasteiger partial charge in [0.2, 0.25) is 0 Å². The second-order valence-electron chi connectivity index (χ2n) is 5.51. The Kier molecular flexibility index (Phi) is 4.93. The number of phenolic OH excluding ortho intramolecular Hbond substituents is 1. The lowest BCUT2D eigenvalue weighted by Crippen LogP contribution is -2.19. The van der Waals surface area contributed by atoms with Crippen LogP contribution in [0.5, 0.6) is 5.75 Å². The molecule has 0 aromatic heterocycles. The molecule has 0 fully saturated rings. The molecule has 1 amide bonds. The van der Waals surface area contributed by atoms with E-state index in [-0.39, 0.29) is 21.7 Å². The van der Waals surface area contributed by atoms with Gasteiger partial charge in [0.25, 0.3) is 5.91 Å². The highest BCUT2D eigenvalue weighted by molar-refractivity contribution is 6.37. The van der Waals surface area contributed by atoms with Crippen LogP contribution in [-0.4, -0.2) is 17.2 Å². The van der Waals surface area contributed by atoms with E-state index in [0.717, 1.165) is 16.3 Å². The maximum atomic E-state index is 12.5. The topological polar surface area (TPSA) is 61.7 Å². The Morgan fingerprint density at radius 2 is 1.80 bits per heavy atom. The van der Waals surface area contributed by atoms with Crippen molar-refractivity contribution in [2.24, 2.45) is 5.10 Å². The zero-order valence-electron chi connectivity index (χ0n) is 13.3. The maximum Gasteiger partial charge on any atom is 0.272 e. The smallest absolute Gasteiger partial charge is 0.272 e. The summed E-state index contributed by atoms with van der Waals surface area (Å²) in [6.45, 7) is 1.88. The van der Waals surface area contributed by atoms with Crippen LogP contribution in [0, 0.1) is 6.92 Å². The van der Waals surface area contributed by atoms with Gasteiger partial charge in [-0.2, -0.15) is 5.10 Å². The molecule has 3 aromatic rings. The molecule has 0 unspecified atom stereocenters. The van der Waals surface area contributed by atoms with Crippen LogP contribution in [0.15, 0.2) is 53.6 Å². The van der Waals surface area contributed by atoms with Crippen molar-refractivity contribution in [1.82, 2.24) is 5.43 Å². The number of benzene rings is 3. The molecule has 6 heteroatoms. The van der Waals surface area contributed by atoms with Crippen molar-refractivity contribution >= 4 is 46.1 Å². The molecule has 0 atom stereocenters. The average molecular weight is 373 g/mol. The number of aryl methyl sites for hydroxylation is 1. The SMILES string of the molecule is Cc1ccc2ccccc2c1C(=O)N/N=C\c1cc(Cl)c(O)c(Cl)c1. The second-order valence-corrected chi connectivity index (χ2v) is 6.33. The molecule has 25 heavy (non-hydrogen) atoms. The number of amides is 1. The van der Waals surface area contributed by atoms with Gasteiger partial charge in [0.15, 0.2) is 5.75 Å². The Morgan fingerprint density at radius 1 is 1.12 bits per heavy atom. The van der Waals surface area contributed by atoms with Crippen molar-refractivity contribution in [3.63, 3.8) is 0 Å². The van der Waals surface area contributed by atoms with Gasteiger partial charge in [-0.1, -0.05) is 59.6 Å². The fourth-order valence-electron chi connectivity index (χ4n) is 2.56. The fraction of sp³-hybridized carbons (Fsp3) is 0.0526. The van der Waals surface area contributed by atoms with Gasteiger partial charge in [0, 0.05) is 0 Å². The molecule has 3 rings (SSSR count). The predicted octanol–water partition coefficient (Wildman–Crippen LogP) is 4.92.